The minimum absolute atomic E-state index is 0.00123. The Balaban J connectivity index is 1.26. The number of benzene rings is 1. The summed E-state index contributed by atoms with van der Waals surface area (Å²) in [4.78, 5) is 14.3. The van der Waals surface area contributed by atoms with Crippen LogP contribution < -0.4 is 5.32 Å². The first-order chi connectivity index (χ1) is 14.0. The van der Waals surface area contributed by atoms with Crippen LogP contribution in [0, 0.1) is 30.1 Å². The summed E-state index contributed by atoms with van der Waals surface area (Å²) in [5.41, 5.74) is 2.38. The second-order valence-electron chi connectivity index (χ2n) is 9.77. The molecule has 6 heteroatoms. The molecule has 0 spiro atoms. The summed E-state index contributed by atoms with van der Waals surface area (Å²) < 4.78 is 0. The number of aryl methyl sites for hydroxylation is 1. The van der Waals surface area contributed by atoms with E-state index in [0.717, 1.165) is 35.3 Å². The molecule has 154 valence electrons. The molecule has 1 atom stereocenters. The Morgan fingerprint density at radius 3 is 2.45 bits per heavy atom. The van der Waals surface area contributed by atoms with Crippen molar-refractivity contribution in [2.24, 2.45) is 23.2 Å². The van der Waals surface area contributed by atoms with Crippen LogP contribution in [0.2, 0.25) is 0 Å². The lowest BCUT2D eigenvalue weighted by Gasteiger charge is -2.59. The lowest BCUT2D eigenvalue weighted by molar-refractivity contribution is -0.127. The van der Waals surface area contributed by atoms with Crippen LogP contribution >= 0.6 is 0 Å². The quantitative estimate of drug-likeness (QED) is 0.811. The fourth-order valence-electron chi connectivity index (χ4n) is 6.90. The van der Waals surface area contributed by atoms with Gasteiger partial charge in [0.15, 0.2) is 0 Å². The highest BCUT2D eigenvalue weighted by atomic mass is 16.2. The molecule has 0 saturated heterocycles. The Hall–Kier alpha value is -2.24. The second-order valence-corrected chi connectivity index (χ2v) is 9.77. The molecule has 1 aromatic carbocycles. The van der Waals surface area contributed by atoms with Crippen LogP contribution in [-0.4, -0.2) is 32.2 Å². The van der Waals surface area contributed by atoms with Crippen molar-refractivity contribution in [3.05, 3.63) is 29.8 Å². The highest BCUT2D eigenvalue weighted by Crippen LogP contribution is 2.61. The minimum atomic E-state index is 0.00123. The number of tetrazole rings is 1. The predicted octanol–water partition coefficient (Wildman–Crippen LogP) is 3.76. The zero-order valence-corrected chi connectivity index (χ0v) is 17.5. The molecule has 4 aliphatic carbocycles. The molecule has 6 rings (SSSR count). The van der Waals surface area contributed by atoms with Gasteiger partial charge in [-0.3, -0.25) is 4.79 Å². The fraction of sp³-hybridized carbons (Fsp3) is 0.652. The van der Waals surface area contributed by atoms with Gasteiger partial charge in [-0.25, -0.2) is 0 Å². The maximum Gasteiger partial charge on any atom is 0.243 e. The third-order valence-corrected chi connectivity index (χ3v) is 7.69. The average molecular weight is 394 g/mol. The lowest BCUT2D eigenvalue weighted by atomic mass is 9.47. The summed E-state index contributed by atoms with van der Waals surface area (Å²) >= 11 is 0. The van der Waals surface area contributed by atoms with Gasteiger partial charge in [-0.15, -0.1) is 10.2 Å². The van der Waals surface area contributed by atoms with Crippen LogP contribution in [-0.2, 0) is 11.3 Å². The summed E-state index contributed by atoms with van der Waals surface area (Å²) in [6, 6.07) is 8.23. The largest absolute Gasteiger partial charge is 0.351 e. The van der Waals surface area contributed by atoms with Crippen LogP contribution in [0.15, 0.2) is 24.3 Å². The molecule has 4 aliphatic rings. The third kappa shape index (κ3) is 3.47. The number of nitrogens with zero attached hydrogens (tertiary/aromatic N) is 4. The van der Waals surface area contributed by atoms with Crippen molar-refractivity contribution in [3.8, 4) is 11.4 Å². The number of rotatable bonds is 6. The van der Waals surface area contributed by atoms with Crippen molar-refractivity contribution < 1.29 is 4.79 Å². The predicted molar refractivity (Wildman–Crippen MR) is 111 cm³/mol. The highest BCUT2D eigenvalue weighted by molar-refractivity contribution is 5.76. The molecule has 0 radical (unpaired) electrons. The normalized spacial score (nSPS) is 31.0. The molecular weight excluding hydrogens is 362 g/mol. The number of carbonyl (C=O) groups is 1. The first-order valence-corrected chi connectivity index (χ1v) is 11.2. The molecule has 29 heavy (non-hydrogen) atoms. The summed E-state index contributed by atoms with van der Waals surface area (Å²) in [6.45, 7) is 4.37. The molecular formula is C23H31N5O. The Morgan fingerprint density at radius 1 is 1.17 bits per heavy atom. The lowest BCUT2D eigenvalue weighted by Crippen LogP contribution is -2.57. The van der Waals surface area contributed by atoms with E-state index in [9.17, 15) is 4.79 Å². The summed E-state index contributed by atoms with van der Waals surface area (Å²) in [5.74, 6) is 3.24. The standard InChI is InChI=1S/C23H31N5O/c1-3-20(23-11-16-8-17(12-23)10-18(9-16)13-23)24-21(29)14-28-26-22(25-27-28)19-7-5-4-6-15(19)2/h4-7,16-18,20H,3,8-14H2,1-2H3,(H,24,29)/t16?,17?,18?,20-,23?/m0/s1. The Kier molecular flexibility index (Phi) is 4.67. The average Bonchev–Trinajstić information content (AvgIpc) is 3.13. The molecule has 0 unspecified atom stereocenters. The van der Waals surface area contributed by atoms with Gasteiger partial charge < -0.3 is 5.32 Å². The molecule has 2 aromatic rings. The van der Waals surface area contributed by atoms with Gasteiger partial charge >= 0.3 is 0 Å². The first kappa shape index (κ1) is 18.8. The molecule has 1 heterocycles. The summed E-state index contributed by atoms with van der Waals surface area (Å²) in [7, 11) is 0. The zero-order chi connectivity index (χ0) is 20.0. The number of hydrogen-bond acceptors (Lipinski definition) is 4. The minimum Gasteiger partial charge on any atom is -0.351 e. The SMILES string of the molecule is CC[C@H](NC(=O)Cn1nnc(-c2ccccc2C)n1)C12CC3CC(CC(C3)C1)C2. The summed E-state index contributed by atoms with van der Waals surface area (Å²) in [5, 5.41) is 16.1. The molecule has 1 amide bonds. The van der Waals surface area contributed by atoms with Crippen LogP contribution in [0.1, 0.15) is 57.4 Å². The zero-order valence-electron chi connectivity index (χ0n) is 17.5. The van der Waals surface area contributed by atoms with Crippen LogP contribution in [0.4, 0.5) is 0 Å². The van der Waals surface area contributed by atoms with Gasteiger partial charge in [-0.05, 0) is 85.8 Å². The van der Waals surface area contributed by atoms with Crippen molar-refractivity contribution >= 4 is 5.91 Å². The van der Waals surface area contributed by atoms with Gasteiger partial charge in [0.25, 0.3) is 0 Å². The number of hydrogen-bond donors (Lipinski definition) is 1. The van der Waals surface area contributed by atoms with Crippen molar-refractivity contribution in [2.75, 3.05) is 0 Å². The van der Waals surface area contributed by atoms with E-state index in [1.54, 1.807) is 0 Å². The van der Waals surface area contributed by atoms with Crippen LogP contribution in [0.25, 0.3) is 11.4 Å². The molecule has 4 bridgehead atoms. The molecule has 1 N–H and O–H groups in total. The van der Waals surface area contributed by atoms with Crippen LogP contribution in [0.3, 0.4) is 0 Å². The maximum atomic E-state index is 12.8. The Bertz CT molecular complexity index is 869. The topological polar surface area (TPSA) is 72.7 Å². The van der Waals surface area contributed by atoms with Gasteiger partial charge in [-0.2, -0.15) is 4.80 Å². The van der Waals surface area contributed by atoms with E-state index in [-0.39, 0.29) is 18.5 Å². The van der Waals surface area contributed by atoms with E-state index < -0.39 is 0 Å². The maximum absolute atomic E-state index is 12.8. The number of nitrogens with one attached hydrogen (secondary N) is 1. The van der Waals surface area contributed by atoms with Crippen molar-refractivity contribution in [3.63, 3.8) is 0 Å². The highest BCUT2D eigenvalue weighted by Gasteiger charge is 2.54. The molecule has 4 saturated carbocycles. The smallest absolute Gasteiger partial charge is 0.243 e. The third-order valence-electron chi connectivity index (χ3n) is 7.69. The van der Waals surface area contributed by atoms with Crippen molar-refractivity contribution in [1.82, 2.24) is 25.5 Å². The van der Waals surface area contributed by atoms with Gasteiger partial charge in [-0.1, -0.05) is 31.2 Å². The van der Waals surface area contributed by atoms with Gasteiger partial charge in [0.2, 0.25) is 11.7 Å². The van der Waals surface area contributed by atoms with Crippen molar-refractivity contribution in [1.29, 1.82) is 0 Å². The molecule has 4 fully saturated rings. The van der Waals surface area contributed by atoms with Gasteiger partial charge in [0, 0.05) is 11.6 Å². The van der Waals surface area contributed by atoms with E-state index >= 15 is 0 Å². The Morgan fingerprint density at radius 2 is 1.83 bits per heavy atom. The monoisotopic (exact) mass is 393 g/mol. The number of aromatic nitrogens is 4. The van der Waals surface area contributed by atoms with E-state index in [4.69, 9.17) is 0 Å². The van der Waals surface area contributed by atoms with E-state index in [2.05, 4.69) is 27.7 Å². The summed E-state index contributed by atoms with van der Waals surface area (Å²) in [6.07, 6.45) is 9.18. The molecule has 0 aliphatic heterocycles. The van der Waals surface area contributed by atoms with E-state index in [1.807, 2.05) is 31.2 Å². The van der Waals surface area contributed by atoms with Crippen molar-refractivity contribution in [2.45, 2.75) is 71.4 Å². The van der Waals surface area contributed by atoms with Gasteiger partial charge in [0.05, 0.1) is 0 Å². The van der Waals surface area contributed by atoms with Gasteiger partial charge in [0.1, 0.15) is 6.54 Å². The molecule has 6 nitrogen and oxygen atoms in total. The second kappa shape index (κ2) is 7.22. The first-order valence-electron chi connectivity index (χ1n) is 11.2. The number of amides is 1. The number of carbonyl (C=O) groups excluding carboxylic acids is 1. The Labute approximate surface area is 172 Å². The van der Waals surface area contributed by atoms with Crippen LogP contribution in [0.5, 0.6) is 0 Å². The molecule has 1 aromatic heterocycles. The fourth-order valence-corrected chi connectivity index (χ4v) is 6.90. The van der Waals surface area contributed by atoms with E-state index in [1.165, 1.54) is 43.3 Å². The van der Waals surface area contributed by atoms with E-state index in [0.29, 0.717) is 11.2 Å².